The standard InChI is InChI=1S/C23H19Cl2N3O4/c1-31-21-11-16(7-10-20(21)32-14-15-5-8-17(24)9-6-15)13-26-28-23(30)22(29)27-19-4-2-3-18(25)12-19/h2-13H,14H2,1H3,(H,27,29)(H,28,30)/b26-13-. The van der Waals surface area contributed by atoms with Crippen LogP contribution in [-0.2, 0) is 16.2 Å². The molecular formula is C23H19Cl2N3O4. The summed E-state index contributed by atoms with van der Waals surface area (Å²) in [5.74, 6) is -0.749. The summed E-state index contributed by atoms with van der Waals surface area (Å²) in [4.78, 5) is 23.9. The van der Waals surface area contributed by atoms with Gasteiger partial charge < -0.3 is 14.8 Å². The minimum Gasteiger partial charge on any atom is -0.493 e. The van der Waals surface area contributed by atoms with Gasteiger partial charge in [0.1, 0.15) is 6.61 Å². The van der Waals surface area contributed by atoms with Gasteiger partial charge >= 0.3 is 11.8 Å². The molecule has 0 aliphatic heterocycles. The van der Waals surface area contributed by atoms with Gasteiger partial charge in [-0.25, -0.2) is 5.43 Å². The number of rotatable bonds is 7. The van der Waals surface area contributed by atoms with Gasteiger partial charge in [-0.05, 0) is 59.7 Å². The van der Waals surface area contributed by atoms with Gasteiger partial charge in [-0.3, -0.25) is 9.59 Å². The zero-order chi connectivity index (χ0) is 22.9. The highest BCUT2D eigenvalue weighted by molar-refractivity contribution is 6.39. The SMILES string of the molecule is COc1cc(/C=N\NC(=O)C(=O)Nc2cccc(Cl)c2)ccc1OCc1ccc(Cl)cc1. The van der Waals surface area contributed by atoms with E-state index in [2.05, 4.69) is 15.8 Å². The summed E-state index contributed by atoms with van der Waals surface area (Å²) in [6.45, 7) is 0.346. The second-order valence-corrected chi connectivity index (χ2v) is 7.36. The van der Waals surface area contributed by atoms with Gasteiger partial charge in [-0.2, -0.15) is 5.10 Å². The summed E-state index contributed by atoms with van der Waals surface area (Å²) >= 11 is 11.7. The van der Waals surface area contributed by atoms with E-state index >= 15 is 0 Å². The van der Waals surface area contributed by atoms with Crippen LogP contribution in [0, 0.1) is 0 Å². The normalized spacial score (nSPS) is 10.6. The highest BCUT2D eigenvalue weighted by Gasteiger charge is 2.13. The Kier molecular flexibility index (Phi) is 8.08. The Hall–Kier alpha value is -3.55. The first-order valence-electron chi connectivity index (χ1n) is 9.40. The van der Waals surface area contributed by atoms with Crippen molar-refractivity contribution in [3.05, 3.63) is 87.9 Å². The van der Waals surface area contributed by atoms with Crippen LogP contribution in [0.2, 0.25) is 10.0 Å². The van der Waals surface area contributed by atoms with Crippen LogP contribution in [0.25, 0.3) is 0 Å². The third-order valence-electron chi connectivity index (χ3n) is 4.16. The largest absolute Gasteiger partial charge is 0.493 e. The smallest absolute Gasteiger partial charge is 0.329 e. The monoisotopic (exact) mass is 471 g/mol. The summed E-state index contributed by atoms with van der Waals surface area (Å²) < 4.78 is 11.2. The fraction of sp³-hybridized carbons (Fsp3) is 0.0870. The van der Waals surface area contributed by atoms with E-state index in [0.29, 0.717) is 39.4 Å². The minimum absolute atomic E-state index is 0.346. The van der Waals surface area contributed by atoms with E-state index in [1.54, 1.807) is 48.5 Å². The lowest BCUT2D eigenvalue weighted by Gasteiger charge is -2.11. The van der Waals surface area contributed by atoms with Crippen LogP contribution in [0.4, 0.5) is 5.69 Å². The second-order valence-electron chi connectivity index (χ2n) is 6.49. The molecule has 164 valence electrons. The summed E-state index contributed by atoms with van der Waals surface area (Å²) in [6.07, 6.45) is 1.38. The van der Waals surface area contributed by atoms with Crippen molar-refractivity contribution < 1.29 is 19.1 Å². The number of carbonyl (C=O) groups excluding carboxylic acids is 2. The van der Waals surface area contributed by atoms with Crippen LogP contribution in [0.15, 0.2) is 71.8 Å². The number of carbonyl (C=O) groups is 2. The Balaban J connectivity index is 1.56. The fourth-order valence-corrected chi connectivity index (χ4v) is 2.91. The van der Waals surface area contributed by atoms with Crippen LogP contribution < -0.4 is 20.2 Å². The zero-order valence-electron chi connectivity index (χ0n) is 17.0. The van der Waals surface area contributed by atoms with E-state index in [1.807, 2.05) is 12.1 Å². The van der Waals surface area contributed by atoms with Gasteiger partial charge in [0.05, 0.1) is 13.3 Å². The van der Waals surface area contributed by atoms with Crippen molar-refractivity contribution in [2.75, 3.05) is 12.4 Å². The maximum Gasteiger partial charge on any atom is 0.329 e. The summed E-state index contributed by atoms with van der Waals surface area (Å²) in [7, 11) is 1.52. The van der Waals surface area contributed by atoms with E-state index in [-0.39, 0.29) is 0 Å². The van der Waals surface area contributed by atoms with Gasteiger partial charge in [0.2, 0.25) is 0 Å². The van der Waals surface area contributed by atoms with Crippen molar-refractivity contribution >= 4 is 46.9 Å². The lowest BCUT2D eigenvalue weighted by molar-refractivity contribution is -0.136. The molecule has 0 spiro atoms. The molecule has 0 fully saturated rings. The number of nitrogens with zero attached hydrogens (tertiary/aromatic N) is 1. The van der Waals surface area contributed by atoms with Crippen molar-refractivity contribution in [1.29, 1.82) is 0 Å². The lowest BCUT2D eigenvalue weighted by Crippen LogP contribution is -2.32. The van der Waals surface area contributed by atoms with Gasteiger partial charge in [0.15, 0.2) is 11.5 Å². The van der Waals surface area contributed by atoms with Gasteiger partial charge in [0, 0.05) is 15.7 Å². The van der Waals surface area contributed by atoms with E-state index in [9.17, 15) is 9.59 Å². The Morgan fingerprint density at radius 3 is 2.44 bits per heavy atom. The Morgan fingerprint density at radius 1 is 0.938 bits per heavy atom. The minimum atomic E-state index is -0.920. The molecule has 0 aliphatic rings. The molecule has 3 aromatic rings. The topological polar surface area (TPSA) is 89.0 Å². The van der Waals surface area contributed by atoms with Crippen LogP contribution in [0.5, 0.6) is 11.5 Å². The van der Waals surface area contributed by atoms with Crippen LogP contribution in [0.3, 0.4) is 0 Å². The molecule has 7 nitrogen and oxygen atoms in total. The predicted molar refractivity (Wildman–Crippen MR) is 125 cm³/mol. The number of hydrazone groups is 1. The van der Waals surface area contributed by atoms with Crippen molar-refractivity contribution in [1.82, 2.24) is 5.43 Å². The first-order chi connectivity index (χ1) is 15.4. The van der Waals surface area contributed by atoms with Gasteiger partial charge in [-0.1, -0.05) is 41.4 Å². The number of halogens is 2. The molecule has 0 bridgehead atoms. The number of hydrogen-bond acceptors (Lipinski definition) is 5. The molecule has 2 N–H and O–H groups in total. The predicted octanol–water partition coefficient (Wildman–Crippen LogP) is 4.67. The molecule has 9 heteroatoms. The molecular weight excluding hydrogens is 453 g/mol. The summed E-state index contributed by atoms with van der Waals surface area (Å²) in [5.41, 5.74) is 4.17. The number of benzene rings is 3. The van der Waals surface area contributed by atoms with E-state index < -0.39 is 11.8 Å². The molecule has 0 saturated carbocycles. The summed E-state index contributed by atoms with van der Waals surface area (Å²) in [6, 6.07) is 18.9. The Morgan fingerprint density at radius 2 is 1.72 bits per heavy atom. The molecule has 0 heterocycles. The number of amides is 2. The van der Waals surface area contributed by atoms with E-state index in [1.165, 1.54) is 19.4 Å². The zero-order valence-corrected chi connectivity index (χ0v) is 18.5. The number of nitrogens with one attached hydrogen (secondary N) is 2. The Labute approximate surface area is 194 Å². The molecule has 32 heavy (non-hydrogen) atoms. The molecule has 0 atom stereocenters. The second kappa shape index (κ2) is 11.2. The number of anilines is 1. The average molecular weight is 472 g/mol. The number of ether oxygens (including phenoxy) is 2. The third kappa shape index (κ3) is 6.73. The van der Waals surface area contributed by atoms with Crippen LogP contribution in [0.1, 0.15) is 11.1 Å². The quantitative estimate of drug-likeness (QED) is 0.297. The van der Waals surface area contributed by atoms with Crippen molar-refractivity contribution in [3.63, 3.8) is 0 Å². The van der Waals surface area contributed by atoms with Crippen LogP contribution in [-0.4, -0.2) is 25.1 Å². The summed E-state index contributed by atoms with van der Waals surface area (Å²) in [5, 5.41) is 7.34. The molecule has 0 aliphatic carbocycles. The van der Waals surface area contributed by atoms with Crippen molar-refractivity contribution in [2.45, 2.75) is 6.61 Å². The van der Waals surface area contributed by atoms with Crippen molar-refractivity contribution in [3.8, 4) is 11.5 Å². The van der Waals surface area contributed by atoms with Crippen LogP contribution >= 0.6 is 23.2 Å². The first-order valence-corrected chi connectivity index (χ1v) is 10.2. The Bertz CT molecular complexity index is 1130. The van der Waals surface area contributed by atoms with Gasteiger partial charge in [0.25, 0.3) is 0 Å². The fourth-order valence-electron chi connectivity index (χ4n) is 2.60. The van der Waals surface area contributed by atoms with E-state index in [0.717, 1.165) is 5.56 Å². The molecule has 0 unspecified atom stereocenters. The molecule has 0 saturated heterocycles. The highest BCUT2D eigenvalue weighted by atomic mass is 35.5. The molecule has 0 aromatic heterocycles. The highest BCUT2D eigenvalue weighted by Crippen LogP contribution is 2.28. The lowest BCUT2D eigenvalue weighted by atomic mass is 10.2. The average Bonchev–Trinajstić information content (AvgIpc) is 2.79. The van der Waals surface area contributed by atoms with E-state index in [4.69, 9.17) is 32.7 Å². The van der Waals surface area contributed by atoms with Crippen molar-refractivity contribution in [2.24, 2.45) is 5.10 Å². The molecule has 0 radical (unpaired) electrons. The maximum absolute atomic E-state index is 11.9. The maximum atomic E-state index is 11.9. The first kappa shape index (κ1) is 23.1. The number of methoxy groups -OCH3 is 1. The molecule has 3 aromatic carbocycles. The molecule has 3 rings (SSSR count). The third-order valence-corrected chi connectivity index (χ3v) is 4.65. The van der Waals surface area contributed by atoms with Gasteiger partial charge in [-0.15, -0.1) is 0 Å². The number of hydrogen-bond donors (Lipinski definition) is 2. The molecule has 2 amide bonds.